The van der Waals surface area contributed by atoms with E-state index >= 15 is 0 Å². The Hall–Kier alpha value is -2.66. The zero-order valence-electron chi connectivity index (χ0n) is 15.8. The van der Waals surface area contributed by atoms with Crippen molar-refractivity contribution in [3.63, 3.8) is 0 Å². The van der Waals surface area contributed by atoms with E-state index < -0.39 is 6.10 Å². The van der Waals surface area contributed by atoms with Crippen LogP contribution in [0.2, 0.25) is 0 Å². The van der Waals surface area contributed by atoms with Crippen LogP contribution in [0.15, 0.2) is 47.5 Å². The molecule has 27 heavy (non-hydrogen) atoms. The van der Waals surface area contributed by atoms with Gasteiger partial charge in [0.05, 0.1) is 23.4 Å². The minimum atomic E-state index is -0.749. The van der Waals surface area contributed by atoms with E-state index in [9.17, 15) is 9.90 Å². The Balaban J connectivity index is 1.69. The lowest BCUT2D eigenvalue weighted by atomic mass is 10.1. The summed E-state index contributed by atoms with van der Waals surface area (Å²) in [6.45, 7) is 4.58. The molecule has 1 aliphatic rings. The second kappa shape index (κ2) is 7.16. The second-order valence-corrected chi connectivity index (χ2v) is 7.24. The third-order valence-electron chi connectivity index (χ3n) is 5.45. The first-order chi connectivity index (χ1) is 13.1. The van der Waals surface area contributed by atoms with E-state index in [2.05, 4.69) is 34.6 Å². The van der Waals surface area contributed by atoms with Gasteiger partial charge in [-0.1, -0.05) is 31.2 Å². The molecular formula is C22H25N3O2. The summed E-state index contributed by atoms with van der Waals surface area (Å²) in [6.07, 6.45) is 5.25. The normalized spacial score (nSPS) is 15.1. The molecule has 1 aliphatic carbocycles. The maximum Gasteiger partial charge on any atom is 0.196 e. The van der Waals surface area contributed by atoms with Crippen LogP contribution in [0.5, 0.6) is 0 Å². The zero-order chi connectivity index (χ0) is 19.0. The first-order valence-electron chi connectivity index (χ1n) is 9.65. The van der Waals surface area contributed by atoms with Crippen LogP contribution in [0.4, 0.5) is 5.69 Å². The lowest BCUT2D eigenvalue weighted by Crippen LogP contribution is -2.21. The molecule has 0 amide bonds. The average molecular weight is 363 g/mol. The van der Waals surface area contributed by atoms with Crippen LogP contribution in [0, 0.1) is 0 Å². The summed E-state index contributed by atoms with van der Waals surface area (Å²) in [5, 5.41) is 14.3. The van der Waals surface area contributed by atoms with Crippen molar-refractivity contribution >= 4 is 16.7 Å². The maximum absolute atomic E-state index is 12.9. The van der Waals surface area contributed by atoms with Crippen molar-refractivity contribution in [1.82, 2.24) is 9.55 Å². The topological polar surface area (TPSA) is 67.2 Å². The number of hydrogen-bond acceptors (Lipinski definition) is 4. The Morgan fingerprint density at radius 3 is 2.59 bits per heavy atom. The summed E-state index contributed by atoms with van der Waals surface area (Å²) >= 11 is 0. The van der Waals surface area contributed by atoms with Gasteiger partial charge in [-0.3, -0.25) is 4.79 Å². The largest absolute Gasteiger partial charge is 0.388 e. The number of nitrogens with zero attached hydrogens (tertiary/aromatic N) is 2. The van der Waals surface area contributed by atoms with Crippen LogP contribution < -0.4 is 10.7 Å². The smallest absolute Gasteiger partial charge is 0.196 e. The lowest BCUT2D eigenvalue weighted by Gasteiger charge is -2.16. The van der Waals surface area contributed by atoms with E-state index in [-0.39, 0.29) is 5.43 Å². The van der Waals surface area contributed by atoms with Crippen LogP contribution in [0.1, 0.15) is 43.1 Å². The van der Waals surface area contributed by atoms with Gasteiger partial charge in [0.25, 0.3) is 0 Å². The molecule has 5 nitrogen and oxygen atoms in total. The molecule has 5 heteroatoms. The van der Waals surface area contributed by atoms with E-state index in [1.165, 1.54) is 11.1 Å². The van der Waals surface area contributed by atoms with Gasteiger partial charge in [-0.05, 0) is 43.4 Å². The molecular weight excluding hydrogens is 338 g/mol. The predicted octanol–water partition coefficient (Wildman–Crippen LogP) is 3.44. The number of pyridine rings is 2. The monoisotopic (exact) mass is 363 g/mol. The highest BCUT2D eigenvalue weighted by Crippen LogP contribution is 2.25. The molecule has 2 aromatic heterocycles. The minimum absolute atomic E-state index is 0.130. The number of fused-ring (bicyclic) bond motifs is 2. The van der Waals surface area contributed by atoms with Crippen molar-refractivity contribution in [3.8, 4) is 0 Å². The Morgan fingerprint density at radius 2 is 1.96 bits per heavy atom. The number of hydrogen-bond donors (Lipinski definition) is 2. The van der Waals surface area contributed by atoms with Crippen molar-refractivity contribution in [1.29, 1.82) is 0 Å². The highest BCUT2D eigenvalue weighted by atomic mass is 16.3. The average Bonchev–Trinajstić information content (AvgIpc) is 3.10. The molecule has 1 unspecified atom stereocenters. The molecule has 0 bridgehead atoms. The summed E-state index contributed by atoms with van der Waals surface area (Å²) in [7, 11) is 0. The molecule has 2 N–H and O–H groups in total. The number of aromatic nitrogens is 2. The van der Waals surface area contributed by atoms with Crippen molar-refractivity contribution in [3.05, 3.63) is 69.6 Å². The number of benzene rings is 1. The first-order valence-corrected chi connectivity index (χ1v) is 9.65. The quantitative estimate of drug-likeness (QED) is 0.729. The van der Waals surface area contributed by atoms with Crippen LogP contribution in [0.25, 0.3) is 11.0 Å². The van der Waals surface area contributed by atoms with Gasteiger partial charge in [0.15, 0.2) is 5.43 Å². The number of anilines is 1. The standard InChI is InChI=1S/C22H25N3O2/c1-3-20(26)19-13-25(4-2)22-18(21(19)27)11-17(12-23-22)24-16-9-14-7-5-6-8-15(14)10-16/h5-8,11-13,16,20,24,26H,3-4,9-10H2,1-2H3. The molecule has 0 spiro atoms. The van der Waals surface area contributed by atoms with Gasteiger partial charge in [-0.25, -0.2) is 4.98 Å². The fourth-order valence-electron chi connectivity index (χ4n) is 3.97. The number of aliphatic hydroxyl groups excluding tert-OH is 1. The summed E-state index contributed by atoms with van der Waals surface area (Å²) in [6, 6.07) is 10.7. The van der Waals surface area contributed by atoms with Gasteiger partial charge >= 0.3 is 0 Å². The Labute approximate surface area is 158 Å². The molecule has 3 aromatic rings. The van der Waals surface area contributed by atoms with Crippen molar-refractivity contribution in [2.75, 3.05) is 5.32 Å². The summed E-state index contributed by atoms with van der Waals surface area (Å²) < 4.78 is 1.93. The molecule has 2 heterocycles. The molecule has 0 saturated carbocycles. The fraction of sp³-hybridized carbons (Fsp3) is 0.364. The lowest BCUT2D eigenvalue weighted by molar-refractivity contribution is 0.172. The van der Waals surface area contributed by atoms with Crippen molar-refractivity contribution in [2.24, 2.45) is 0 Å². The van der Waals surface area contributed by atoms with Crippen LogP contribution in [0.3, 0.4) is 0 Å². The Morgan fingerprint density at radius 1 is 1.26 bits per heavy atom. The molecule has 0 fully saturated rings. The molecule has 1 aromatic carbocycles. The van der Waals surface area contributed by atoms with Gasteiger partial charge in [0, 0.05) is 24.3 Å². The van der Waals surface area contributed by atoms with E-state index in [1.54, 1.807) is 12.4 Å². The maximum atomic E-state index is 12.9. The highest BCUT2D eigenvalue weighted by molar-refractivity contribution is 5.79. The van der Waals surface area contributed by atoms with Crippen LogP contribution in [-0.2, 0) is 19.4 Å². The van der Waals surface area contributed by atoms with E-state index in [4.69, 9.17) is 0 Å². The van der Waals surface area contributed by atoms with Crippen molar-refractivity contribution in [2.45, 2.75) is 51.8 Å². The molecule has 0 radical (unpaired) electrons. The third-order valence-corrected chi connectivity index (χ3v) is 5.45. The number of rotatable bonds is 5. The van der Waals surface area contributed by atoms with Crippen molar-refractivity contribution < 1.29 is 5.11 Å². The minimum Gasteiger partial charge on any atom is -0.388 e. The van der Waals surface area contributed by atoms with Gasteiger partial charge in [0.2, 0.25) is 0 Å². The number of aliphatic hydroxyl groups is 1. The summed E-state index contributed by atoms with van der Waals surface area (Å²) in [4.78, 5) is 17.5. The van der Waals surface area contributed by atoms with Gasteiger partial charge < -0.3 is 15.0 Å². The van der Waals surface area contributed by atoms with Crippen LogP contribution >= 0.6 is 0 Å². The SMILES string of the molecule is CCC(O)c1cn(CC)c2ncc(NC3Cc4ccccc4C3)cc2c1=O. The van der Waals surface area contributed by atoms with E-state index in [0.717, 1.165) is 18.5 Å². The van der Waals surface area contributed by atoms with E-state index in [0.29, 0.717) is 35.6 Å². The highest BCUT2D eigenvalue weighted by Gasteiger charge is 2.21. The van der Waals surface area contributed by atoms with E-state index in [1.807, 2.05) is 24.5 Å². The zero-order valence-corrected chi connectivity index (χ0v) is 15.8. The number of nitrogens with one attached hydrogen (secondary N) is 1. The molecule has 0 saturated heterocycles. The Kier molecular flexibility index (Phi) is 4.70. The summed E-state index contributed by atoms with van der Waals surface area (Å²) in [5.74, 6) is 0. The molecule has 1 atom stereocenters. The molecule has 4 rings (SSSR count). The first kappa shape index (κ1) is 17.7. The predicted molar refractivity (Wildman–Crippen MR) is 108 cm³/mol. The van der Waals surface area contributed by atoms with Gasteiger partial charge in [-0.2, -0.15) is 0 Å². The molecule has 0 aliphatic heterocycles. The third kappa shape index (κ3) is 3.23. The van der Waals surface area contributed by atoms with Gasteiger partial charge in [-0.15, -0.1) is 0 Å². The number of aryl methyl sites for hydroxylation is 1. The molecule has 140 valence electrons. The van der Waals surface area contributed by atoms with Crippen LogP contribution in [-0.4, -0.2) is 20.7 Å². The van der Waals surface area contributed by atoms with Gasteiger partial charge in [0.1, 0.15) is 5.65 Å². The summed E-state index contributed by atoms with van der Waals surface area (Å²) in [5.41, 5.74) is 4.59. The second-order valence-electron chi connectivity index (χ2n) is 7.24. The Bertz CT molecular complexity index is 1020. The fourth-order valence-corrected chi connectivity index (χ4v) is 3.97.